The van der Waals surface area contributed by atoms with E-state index in [0.717, 1.165) is 0 Å². The molecule has 0 amide bonds. The lowest BCUT2D eigenvalue weighted by Gasteiger charge is -2.11. The molecule has 0 spiro atoms. The van der Waals surface area contributed by atoms with Gasteiger partial charge in [-0.05, 0) is 12.1 Å². The third-order valence-corrected chi connectivity index (χ3v) is 3.37. The summed E-state index contributed by atoms with van der Waals surface area (Å²) in [7, 11) is -2.56. The van der Waals surface area contributed by atoms with Crippen molar-refractivity contribution in [3.63, 3.8) is 0 Å². The van der Waals surface area contributed by atoms with Gasteiger partial charge in [-0.15, -0.1) is 0 Å². The second kappa shape index (κ2) is 5.71. The Morgan fingerprint density at radius 1 is 1.65 bits per heavy atom. The second-order valence-corrected chi connectivity index (χ2v) is 4.87. The number of carboxylic acids is 1. The molecule has 0 saturated carbocycles. The van der Waals surface area contributed by atoms with Crippen molar-refractivity contribution >= 4 is 16.0 Å². The molecule has 0 bridgehead atoms. The number of carbonyl (C=O) groups is 1. The van der Waals surface area contributed by atoms with Crippen LogP contribution in [0, 0.1) is 0 Å². The summed E-state index contributed by atoms with van der Waals surface area (Å²) >= 11 is 0. The molecule has 0 aromatic carbocycles. The van der Waals surface area contributed by atoms with E-state index in [1.165, 1.54) is 31.6 Å². The van der Waals surface area contributed by atoms with Crippen molar-refractivity contribution in [3.8, 4) is 0 Å². The van der Waals surface area contributed by atoms with Gasteiger partial charge in [-0.25, -0.2) is 17.9 Å². The molecule has 7 nitrogen and oxygen atoms in total. The molecule has 2 N–H and O–H groups in total. The van der Waals surface area contributed by atoms with Crippen LogP contribution >= 0.6 is 0 Å². The number of hydrogen-bond acceptors (Lipinski definition) is 5. The smallest absolute Gasteiger partial charge is 0.334 e. The minimum atomic E-state index is -3.75. The zero-order valence-electron chi connectivity index (χ0n) is 9.03. The van der Waals surface area contributed by atoms with Gasteiger partial charge in [0.15, 0.2) is 6.10 Å². The average Bonchev–Trinajstić information content (AvgIpc) is 2.30. The molecule has 1 atom stereocenters. The molecule has 8 heteroatoms. The van der Waals surface area contributed by atoms with Crippen molar-refractivity contribution in [2.45, 2.75) is 11.0 Å². The number of aromatic nitrogens is 1. The molecule has 1 aromatic heterocycles. The predicted octanol–water partition coefficient (Wildman–Crippen LogP) is -0.540. The maximum atomic E-state index is 11.7. The lowest BCUT2D eigenvalue weighted by atomic mass is 10.4. The Labute approximate surface area is 98.5 Å². The lowest BCUT2D eigenvalue weighted by molar-refractivity contribution is -0.147. The third-order valence-electron chi connectivity index (χ3n) is 1.96. The van der Waals surface area contributed by atoms with Gasteiger partial charge in [0.05, 0.1) is 0 Å². The van der Waals surface area contributed by atoms with Crippen LogP contribution in [0.2, 0.25) is 0 Å². The number of ether oxygens (including phenoxy) is 1. The maximum Gasteiger partial charge on any atom is 0.334 e. The molecule has 1 rings (SSSR count). The first-order valence-corrected chi connectivity index (χ1v) is 6.11. The van der Waals surface area contributed by atoms with Crippen molar-refractivity contribution in [1.29, 1.82) is 0 Å². The van der Waals surface area contributed by atoms with E-state index in [0.29, 0.717) is 0 Å². The Balaban J connectivity index is 2.72. The van der Waals surface area contributed by atoms with Crippen LogP contribution in [0.4, 0.5) is 0 Å². The normalized spacial score (nSPS) is 13.2. The summed E-state index contributed by atoms with van der Waals surface area (Å²) in [5, 5.41) is 8.67. The van der Waals surface area contributed by atoms with Crippen LogP contribution in [0.3, 0.4) is 0 Å². The van der Waals surface area contributed by atoms with Crippen molar-refractivity contribution in [2.75, 3.05) is 13.7 Å². The zero-order valence-corrected chi connectivity index (χ0v) is 9.85. The number of nitrogens with zero attached hydrogens (tertiary/aromatic N) is 1. The van der Waals surface area contributed by atoms with E-state index in [1.54, 1.807) is 0 Å². The first-order valence-electron chi connectivity index (χ1n) is 4.62. The summed E-state index contributed by atoms with van der Waals surface area (Å²) in [5.74, 6) is -1.23. The quantitative estimate of drug-likeness (QED) is 0.711. The molecule has 0 aliphatic rings. The highest BCUT2D eigenvalue weighted by molar-refractivity contribution is 7.89. The van der Waals surface area contributed by atoms with Crippen LogP contribution in [0.15, 0.2) is 29.4 Å². The first-order chi connectivity index (χ1) is 7.97. The molecular weight excluding hydrogens is 248 g/mol. The van der Waals surface area contributed by atoms with Gasteiger partial charge in [0.1, 0.15) is 4.90 Å². The summed E-state index contributed by atoms with van der Waals surface area (Å²) < 4.78 is 30.1. The lowest BCUT2D eigenvalue weighted by Crippen LogP contribution is -2.37. The minimum absolute atomic E-state index is 0.0276. The largest absolute Gasteiger partial charge is 0.479 e. The Bertz CT molecular complexity index is 473. The number of carboxylic acid groups (broad SMARTS) is 1. The van der Waals surface area contributed by atoms with E-state index in [-0.39, 0.29) is 11.4 Å². The predicted molar refractivity (Wildman–Crippen MR) is 57.9 cm³/mol. The van der Waals surface area contributed by atoms with Crippen molar-refractivity contribution in [2.24, 2.45) is 0 Å². The van der Waals surface area contributed by atoms with Crippen molar-refractivity contribution < 1.29 is 23.1 Å². The number of methoxy groups -OCH3 is 1. The Morgan fingerprint density at radius 2 is 2.35 bits per heavy atom. The molecular formula is C9H12N2O5S. The van der Waals surface area contributed by atoms with Gasteiger partial charge in [-0.1, -0.05) is 0 Å². The average molecular weight is 260 g/mol. The number of hydrogen-bond donors (Lipinski definition) is 2. The van der Waals surface area contributed by atoms with Crippen LogP contribution in [-0.4, -0.2) is 44.2 Å². The van der Waals surface area contributed by atoms with Gasteiger partial charge < -0.3 is 9.84 Å². The molecule has 17 heavy (non-hydrogen) atoms. The Hall–Kier alpha value is -1.51. The van der Waals surface area contributed by atoms with Crippen LogP contribution < -0.4 is 4.72 Å². The summed E-state index contributed by atoms with van der Waals surface area (Å²) in [5.41, 5.74) is 0. The van der Waals surface area contributed by atoms with Crippen LogP contribution in [0.25, 0.3) is 0 Å². The number of aliphatic carboxylic acids is 1. The van der Waals surface area contributed by atoms with E-state index < -0.39 is 22.1 Å². The third kappa shape index (κ3) is 3.77. The number of nitrogens with one attached hydrogen (secondary N) is 1. The molecule has 0 aliphatic carbocycles. The van der Waals surface area contributed by atoms with Gasteiger partial charge in [0.25, 0.3) is 0 Å². The summed E-state index contributed by atoms with van der Waals surface area (Å²) in [6.45, 7) is -0.344. The van der Waals surface area contributed by atoms with E-state index in [4.69, 9.17) is 5.11 Å². The standard InChI is InChI=1S/C9H12N2O5S/c1-16-8(9(12)13)6-11-17(14,15)7-3-2-4-10-5-7/h2-5,8,11H,6H2,1H3,(H,12,13). The van der Waals surface area contributed by atoms with Gasteiger partial charge in [0, 0.05) is 26.0 Å². The maximum absolute atomic E-state index is 11.7. The van der Waals surface area contributed by atoms with Gasteiger partial charge >= 0.3 is 5.97 Å². The van der Waals surface area contributed by atoms with Crippen LogP contribution in [0.5, 0.6) is 0 Å². The molecule has 0 fully saturated rings. The zero-order chi connectivity index (χ0) is 12.9. The highest BCUT2D eigenvalue weighted by atomic mass is 32.2. The highest BCUT2D eigenvalue weighted by Gasteiger charge is 2.21. The topological polar surface area (TPSA) is 106 Å². The Morgan fingerprint density at radius 3 is 2.82 bits per heavy atom. The van der Waals surface area contributed by atoms with Gasteiger partial charge in [-0.2, -0.15) is 0 Å². The van der Waals surface area contributed by atoms with E-state index >= 15 is 0 Å². The highest BCUT2D eigenvalue weighted by Crippen LogP contribution is 2.05. The van der Waals surface area contributed by atoms with Crippen molar-refractivity contribution in [3.05, 3.63) is 24.5 Å². The number of pyridine rings is 1. The molecule has 1 unspecified atom stereocenters. The second-order valence-electron chi connectivity index (χ2n) is 3.10. The molecule has 1 aromatic rings. The molecule has 0 aliphatic heterocycles. The van der Waals surface area contributed by atoms with E-state index in [1.807, 2.05) is 0 Å². The van der Waals surface area contributed by atoms with Gasteiger partial charge in [-0.3, -0.25) is 4.98 Å². The SMILES string of the molecule is COC(CNS(=O)(=O)c1cccnc1)C(=O)O. The summed E-state index contributed by atoms with van der Waals surface area (Å²) in [6.07, 6.45) is 1.39. The van der Waals surface area contributed by atoms with Crippen molar-refractivity contribution in [1.82, 2.24) is 9.71 Å². The molecule has 0 saturated heterocycles. The molecule has 0 radical (unpaired) electrons. The minimum Gasteiger partial charge on any atom is -0.479 e. The van der Waals surface area contributed by atoms with Crippen LogP contribution in [0.1, 0.15) is 0 Å². The fourth-order valence-corrected chi connectivity index (χ4v) is 2.04. The fraction of sp³-hybridized carbons (Fsp3) is 0.333. The Kier molecular flexibility index (Phi) is 4.55. The summed E-state index contributed by atoms with van der Waals surface area (Å²) in [4.78, 5) is 14.3. The fourth-order valence-electron chi connectivity index (χ4n) is 1.05. The van der Waals surface area contributed by atoms with E-state index in [9.17, 15) is 13.2 Å². The van der Waals surface area contributed by atoms with E-state index in [2.05, 4.69) is 14.4 Å². The van der Waals surface area contributed by atoms with Crippen LogP contribution in [-0.2, 0) is 19.6 Å². The van der Waals surface area contributed by atoms with Gasteiger partial charge in [0.2, 0.25) is 10.0 Å². The molecule has 94 valence electrons. The monoisotopic (exact) mass is 260 g/mol. The first kappa shape index (κ1) is 13.6. The summed E-state index contributed by atoms with van der Waals surface area (Å²) in [6, 6.07) is 2.83. The number of rotatable bonds is 6. The molecule has 1 heterocycles. The number of sulfonamides is 1.